The van der Waals surface area contributed by atoms with Gasteiger partial charge in [0.25, 0.3) is 0 Å². The Kier molecular flexibility index (Phi) is 4.35. The second kappa shape index (κ2) is 5.89. The first-order chi connectivity index (χ1) is 10.8. The second-order valence-electron chi connectivity index (χ2n) is 5.87. The lowest BCUT2D eigenvalue weighted by atomic mass is 9.76. The zero-order valence-corrected chi connectivity index (χ0v) is 14.4. The van der Waals surface area contributed by atoms with Crippen LogP contribution in [-0.2, 0) is 19.6 Å². The molecule has 2 aliphatic heterocycles. The van der Waals surface area contributed by atoms with Gasteiger partial charge in [0.15, 0.2) is 0 Å². The molecule has 0 radical (unpaired) electrons. The van der Waals surface area contributed by atoms with Crippen molar-refractivity contribution in [3.63, 3.8) is 0 Å². The quantitative estimate of drug-likeness (QED) is 0.869. The van der Waals surface area contributed by atoms with Gasteiger partial charge in [-0.2, -0.15) is 4.31 Å². The number of fused-ring (bicyclic) bond motifs is 1. The lowest BCUT2D eigenvalue weighted by Crippen LogP contribution is -2.46. The fourth-order valence-electron chi connectivity index (χ4n) is 3.24. The van der Waals surface area contributed by atoms with E-state index in [-0.39, 0.29) is 40.6 Å². The second-order valence-corrected chi connectivity index (χ2v) is 8.62. The van der Waals surface area contributed by atoms with Crippen LogP contribution in [0.4, 0.5) is 0 Å². The molecule has 0 unspecified atom stereocenters. The topological polar surface area (TPSA) is 83.9 Å². The van der Waals surface area contributed by atoms with Crippen molar-refractivity contribution in [3.05, 3.63) is 28.2 Å². The maximum absolute atomic E-state index is 12.9. The number of hydrogen-bond acceptors (Lipinski definition) is 4. The Morgan fingerprint density at radius 1 is 1.39 bits per heavy atom. The van der Waals surface area contributed by atoms with Crippen molar-refractivity contribution in [2.75, 3.05) is 26.3 Å². The number of carbonyl (C=O) groups is 1. The largest absolute Gasteiger partial charge is 0.481 e. The first kappa shape index (κ1) is 17.0. The fraction of sp³-hybridized carbons (Fsp3) is 0.500. The monoisotopic (exact) mass is 379 g/mol. The van der Waals surface area contributed by atoms with E-state index in [2.05, 4.69) is 0 Å². The average molecular weight is 380 g/mol. The predicted octanol–water partition coefficient (Wildman–Crippen LogP) is 2.11. The third kappa shape index (κ3) is 2.74. The minimum absolute atomic E-state index is 0.0162. The van der Waals surface area contributed by atoms with Crippen LogP contribution in [0.1, 0.15) is 6.42 Å². The summed E-state index contributed by atoms with van der Waals surface area (Å²) in [5.41, 5.74) is -1.20. The summed E-state index contributed by atoms with van der Waals surface area (Å²) in [6, 6.07) is 4.19. The van der Waals surface area contributed by atoms with E-state index in [0.717, 1.165) is 0 Å². The Hall–Kier alpha value is -0.860. The van der Waals surface area contributed by atoms with Crippen LogP contribution in [0.25, 0.3) is 0 Å². The molecule has 2 aliphatic rings. The van der Waals surface area contributed by atoms with Gasteiger partial charge in [-0.25, -0.2) is 8.42 Å². The highest BCUT2D eigenvalue weighted by Gasteiger charge is 2.56. The number of hydrogen-bond donors (Lipinski definition) is 1. The van der Waals surface area contributed by atoms with Gasteiger partial charge in [-0.1, -0.05) is 23.2 Å². The van der Waals surface area contributed by atoms with Gasteiger partial charge < -0.3 is 9.84 Å². The molecule has 0 amide bonds. The molecule has 1 N–H and O–H groups in total. The van der Waals surface area contributed by atoms with E-state index >= 15 is 0 Å². The Bertz CT molecular complexity index is 754. The SMILES string of the molecule is O=C(O)[C@]12COCC[C@H]1CN(S(=O)(=O)c1cc(Cl)ccc1Cl)C2. The summed E-state index contributed by atoms with van der Waals surface area (Å²) >= 11 is 11.9. The molecule has 0 aromatic heterocycles. The summed E-state index contributed by atoms with van der Waals surface area (Å²) in [6.07, 6.45) is 0.515. The predicted molar refractivity (Wildman–Crippen MR) is 84.2 cm³/mol. The van der Waals surface area contributed by atoms with E-state index in [0.29, 0.717) is 13.0 Å². The number of benzene rings is 1. The summed E-state index contributed by atoms with van der Waals surface area (Å²) in [4.78, 5) is 11.6. The molecule has 2 heterocycles. The van der Waals surface area contributed by atoms with Crippen molar-refractivity contribution >= 4 is 39.2 Å². The van der Waals surface area contributed by atoms with Crippen molar-refractivity contribution in [3.8, 4) is 0 Å². The van der Waals surface area contributed by atoms with Gasteiger partial charge in [0.1, 0.15) is 10.3 Å². The molecule has 9 heteroatoms. The van der Waals surface area contributed by atoms with Gasteiger partial charge in [0.2, 0.25) is 10.0 Å². The van der Waals surface area contributed by atoms with E-state index in [1.54, 1.807) is 0 Å². The molecule has 2 saturated heterocycles. The molecule has 0 aliphatic carbocycles. The normalized spacial score (nSPS) is 28.5. The smallest absolute Gasteiger partial charge is 0.313 e. The van der Waals surface area contributed by atoms with Crippen molar-refractivity contribution in [1.82, 2.24) is 4.31 Å². The van der Waals surface area contributed by atoms with Crippen LogP contribution in [-0.4, -0.2) is 50.1 Å². The number of sulfonamides is 1. The van der Waals surface area contributed by atoms with E-state index in [1.165, 1.54) is 22.5 Å². The number of aliphatic carboxylic acids is 1. The van der Waals surface area contributed by atoms with E-state index in [4.69, 9.17) is 27.9 Å². The molecule has 2 fully saturated rings. The van der Waals surface area contributed by atoms with Crippen molar-refractivity contribution < 1.29 is 23.1 Å². The maximum atomic E-state index is 12.9. The maximum Gasteiger partial charge on any atom is 0.313 e. The van der Waals surface area contributed by atoms with Crippen molar-refractivity contribution in [2.45, 2.75) is 11.3 Å². The molecule has 126 valence electrons. The molecule has 1 aromatic carbocycles. The number of ether oxygens (including phenoxy) is 1. The van der Waals surface area contributed by atoms with Crippen molar-refractivity contribution in [1.29, 1.82) is 0 Å². The fourth-order valence-corrected chi connectivity index (χ4v) is 5.53. The molecule has 23 heavy (non-hydrogen) atoms. The first-order valence-electron chi connectivity index (χ1n) is 7.04. The highest BCUT2D eigenvalue weighted by Crippen LogP contribution is 2.44. The van der Waals surface area contributed by atoms with Crippen LogP contribution in [0.15, 0.2) is 23.1 Å². The van der Waals surface area contributed by atoms with Gasteiger partial charge in [0.05, 0.1) is 11.6 Å². The lowest BCUT2D eigenvalue weighted by Gasteiger charge is -2.34. The summed E-state index contributed by atoms with van der Waals surface area (Å²) in [5.74, 6) is -1.31. The van der Waals surface area contributed by atoms with E-state index in [1.807, 2.05) is 0 Å². The standard InChI is InChI=1S/C14H15Cl2NO5S/c15-10-1-2-11(16)12(5-10)23(20,21)17-6-9-3-4-22-8-14(9,7-17)13(18)19/h1-2,5,9H,3-4,6-8H2,(H,18,19)/t9-,14+/m0/s1. The van der Waals surface area contributed by atoms with Gasteiger partial charge in [-0.15, -0.1) is 0 Å². The van der Waals surface area contributed by atoms with Gasteiger partial charge in [-0.3, -0.25) is 4.79 Å². The number of halogens is 2. The van der Waals surface area contributed by atoms with Crippen molar-refractivity contribution in [2.24, 2.45) is 11.3 Å². The van der Waals surface area contributed by atoms with Crippen LogP contribution >= 0.6 is 23.2 Å². The molecular weight excluding hydrogens is 365 g/mol. The number of rotatable bonds is 3. The molecule has 1 aromatic rings. The highest BCUT2D eigenvalue weighted by molar-refractivity contribution is 7.89. The first-order valence-corrected chi connectivity index (χ1v) is 9.23. The van der Waals surface area contributed by atoms with Gasteiger partial charge >= 0.3 is 5.97 Å². The minimum Gasteiger partial charge on any atom is -0.481 e. The Labute approximate surface area is 144 Å². The molecule has 3 rings (SSSR count). The number of nitrogens with zero attached hydrogens (tertiary/aromatic N) is 1. The minimum atomic E-state index is -3.92. The van der Waals surface area contributed by atoms with Crippen LogP contribution in [0.3, 0.4) is 0 Å². The molecule has 2 atom stereocenters. The van der Waals surface area contributed by atoms with Crippen LogP contribution < -0.4 is 0 Å². The molecular formula is C14H15Cl2NO5S. The molecule has 0 bridgehead atoms. The van der Waals surface area contributed by atoms with E-state index < -0.39 is 21.4 Å². The molecule has 0 saturated carbocycles. The Morgan fingerprint density at radius 3 is 2.78 bits per heavy atom. The summed E-state index contributed by atoms with van der Waals surface area (Å²) in [6.45, 7) is 0.465. The third-order valence-corrected chi connectivity index (χ3v) is 7.10. The van der Waals surface area contributed by atoms with Gasteiger partial charge in [0, 0.05) is 24.7 Å². The lowest BCUT2D eigenvalue weighted by molar-refractivity contribution is -0.159. The number of carboxylic acids is 1. The average Bonchev–Trinajstić information content (AvgIpc) is 2.91. The Morgan fingerprint density at radius 2 is 2.13 bits per heavy atom. The van der Waals surface area contributed by atoms with E-state index in [9.17, 15) is 18.3 Å². The Balaban J connectivity index is 1.99. The zero-order valence-electron chi connectivity index (χ0n) is 12.0. The number of carboxylic acid groups (broad SMARTS) is 1. The molecule has 0 spiro atoms. The van der Waals surface area contributed by atoms with Crippen LogP contribution in [0.5, 0.6) is 0 Å². The summed E-state index contributed by atoms with van der Waals surface area (Å²) in [7, 11) is -3.92. The zero-order chi connectivity index (χ0) is 16.8. The summed E-state index contributed by atoms with van der Waals surface area (Å²) in [5, 5.41) is 9.91. The van der Waals surface area contributed by atoms with Gasteiger partial charge in [-0.05, 0) is 30.5 Å². The van der Waals surface area contributed by atoms with Crippen LogP contribution in [0.2, 0.25) is 10.0 Å². The summed E-state index contributed by atoms with van der Waals surface area (Å²) < 4.78 is 32.2. The van der Waals surface area contributed by atoms with Crippen LogP contribution in [0, 0.1) is 11.3 Å². The third-order valence-electron chi connectivity index (χ3n) is 4.57. The molecule has 6 nitrogen and oxygen atoms in total. The highest BCUT2D eigenvalue weighted by atomic mass is 35.5.